The van der Waals surface area contributed by atoms with Gasteiger partial charge in [0.05, 0.1) is 25.5 Å². The number of imidazole rings is 1. The normalized spacial score (nSPS) is 10.3. The lowest BCUT2D eigenvalue weighted by atomic mass is 10.2. The molecule has 3 aromatic rings. The highest BCUT2D eigenvalue weighted by molar-refractivity contribution is 6.04. The summed E-state index contributed by atoms with van der Waals surface area (Å²) in [5.41, 5.74) is 0.409. The molecular formula is C19H14F2N4O2. The van der Waals surface area contributed by atoms with Gasteiger partial charge >= 0.3 is 0 Å². The first kappa shape index (κ1) is 18.1. The van der Waals surface area contributed by atoms with Crippen LogP contribution >= 0.6 is 0 Å². The minimum Gasteiger partial charge on any atom is -0.496 e. The third-order valence-electron chi connectivity index (χ3n) is 3.88. The van der Waals surface area contributed by atoms with Gasteiger partial charge in [0, 0.05) is 5.56 Å². The standard InChI is InChI=1S/C19H14F2N4O2/c1-27-17-5-3-2-4-12(17)10-25-11-23-18(16(25)9-22)24-19(26)14-8-13(20)6-7-15(14)21/h2-8,11H,10H2,1H3,(H,24,26). The van der Waals surface area contributed by atoms with Gasteiger partial charge in [-0.25, -0.2) is 13.8 Å². The van der Waals surface area contributed by atoms with Gasteiger partial charge in [-0.3, -0.25) is 4.79 Å². The van der Waals surface area contributed by atoms with E-state index < -0.39 is 23.1 Å². The first-order valence-electron chi connectivity index (χ1n) is 7.87. The predicted octanol–water partition coefficient (Wildman–Crippen LogP) is 3.34. The molecule has 1 aromatic heterocycles. The summed E-state index contributed by atoms with van der Waals surface area (Å²) in [6.45, 7) is 0.282. The van der Waals surface area contributed by atoms with E-state index in [1.165, 1.54) is 18.0 Å². The number of benzene rings is 2. The van der Waals surface area contributed by atoms with E-state index in [4.69, 9.17) is 4.74 Å². The van der Waals surface area contributed by atoms with E-state index in [1.807, 2.05) is 24.3 Å². The molecule has 27 heavy (non-hydrogen) atoms. The number of hydrogen-bond acceptors (Lipinski definition) is 4. The van der Waals surface area contributed by atoms with E-state index in [9.17, 15) is 18.8 Å². The lowest BCUT2D eigenvalue weighted by Gasteiger charge is -2.09. The molecule has 0 atom stereocenters. The largest absolute Gasteiger partial charge is 0.496 e. The van der Waals surface area contributed by atoms with E-state index >= 15 is 0 Å². The number of nitriles is 1. The molecule has 1 amide bonds. The van der Waals surface area contributed by atoms with Crippen LogP contribution in [0.15, 0.2) is 48.8 Å². The Morgan fingerprint density at radius 3 is 2.81 bits per heavy atom. The summed E-state index contributed by atoms with van der Waals surface area (Å²) in [6, 6.07) is 11.8. The first-order valence-corrected chi connectivity index (χ1v) is 7.87. The molecule has 0 radical (unpaired) electrons. The number of hydrogen-bond donors (Lipinski definition) is 1. The second kappa shape index (κ2) is 7.66. The summed E-state index contributed by atoms with van der Waals surface area (Å²) in [5, 5.41) is 11.8. The van der Waals surface area contributed by atoms with Crippen LogP contribution in [-0.4, -0.2) is 22.6 Å². The Balaban J connectivity index is 1.87. The SMILES string of the molecule is COc1ccccc1Cn1cnc(NC(=O)c2cc(F)ccc2F)c1C#N. The van der Waals surface area contributed by atoms with Crippen LogP contribution in [0.4, 0.5) is 14.6 Å². The molecule has 136 valence electrons. The molecule has 0 unspecified atom stereocenters. The van der Waals surface area contributed by atoms with Gasteiger partial charge in [0.1, 0.15) is 23.5 Å². The maximum absolute atomic E-state index is 13.7. The topological polar surface area (TPSA) is 79.9 Å². The zero-order valence-electron chi connectivity index (χ0n) is 14.2. The minimum atomic E-state index is -0.897. The Bertz CT molecular complexity index is 1040. The van der Waals surface area contributed by atoms with Crippen molar-refractivity contribution in [2.45, 2.75) is 6.54 Å². The smallest absolute Gasteiger partial charge is 0.259 e. The number of carbonyl (C=O) groups is 1. The first-order chi connectivity index (χ1) is 13.0. The van der Waals surface area contributed by atoms with Crippen LogP contribution < -0.4 is 10.1 Å². The van der Waals surface area contributed by atoms with Crippen molar-refractivity contribution < 1.29 is 18.3 Å². The summed E-state index contributed by atoms with van der Waals surface area (Å²) < 4.78 is 33.8. The van der Waals surface area contributed by atoms with Crippen molar-refractivity contribution in [3.05, 3.63) is 77.2 Å². The molecule has 8 heteroatoms. The Hall–Kier alpha value is -3.73. The number of nitrogens with one attached hydrogen (secondary N) is 1. The minimum absolute atomic E-state index is 0.0407. The Morgan fingerprint density at radius 2 is 2.07 bits per heavy atom. The van der Waals surface area contributed by atoms with E-state index in [1.54, 1.807) is 6.07 Å². The fourth-order valence-electron chi connectivity index (χ4n) is 2.57. The third-order valence-corrected chi connectivity index (χ3v) is 3.88. The zero-order valence-corrected chi connectivity index (χ0v) is 14.2. The van der Waals surface area contributed by atoms with Crippen molar-refractivity contribution in [1.82, 2.24) is 9.55 Å². The van der Waals surface area contributed by atoms with E-state index in [0.29, 0.717) is 5.75 Å². The summed E-state index contributed by atoms with van der Waals surface area (Å²) in [5.74, 6) is -1.92. The molecule has 1 N–H and O–H groups in total. The third kappa shape index (κ3) is 3.77. The molecule has 0 fully saturated rings. The molecule has 3 rings (SSSR count). The maximum atomic E-state index is 13.7. The van der Waals surface area contributed by atoms with Crippen LogP contribution in [-0.2, 0) is 6.54 Å². The molecule has 0 saturated carbocycles. The van der Waals surface area contributed by atoms with Crippen molar-refractivity contribution in [3.63, 3.8) is 0 Å². The number of halogens is 2. The summed E-state index contributed by atoms with van der Waals surface area (Å²) >= 11 is 0. The van der Waals surface area contributed by atoms with E-state index in [-0.39, 0.29) is 18.1 Å². The number of ether oxygens (including phenoxy) is 1. The Labute approximate surface area is 153 Å². The van der Waals surface area contributed by atoms with Crippen molar-refractivity contribution >= 4 is 11.7 Å². The van der Waals surface area contributed by atoms with Gasteiger partial charge in [-0.2, -0.15) is 5.26 Å². The molecule has 1 heterocycles. The fourth-order valence-corrected chi connectivity index (χ4v) is 2.57. The molecule has 6 nitrogen and oxygen atoms in total. The summed E-state index contributed by atoms with van der Waals surface area (Å²) in [6.07, 6.45) is 1.38. The van der Waals surface area contributed by atoms with Gasteiger partial charge < -0.3 is 14.6 Å². The molecule has 0 saturated heterocycles. The predicted molar refractivity (Wildman–Crippen MR) is 93.3 cm³/mol. The highest BCUT2D eigenvalue weighted by Crippen LogP contribution is 2.22. The maximum Gasteiger partial charge on any atom is 0.259 e. The van der Waals surface area contributed by atoms with Gasteiger partial charge in [0.15, 0.2) is 11.5 Å². The number of carbonyl (C=O) groups excluding carboxylic acids is 1. The molecular weight excluding hydrogens is 354 g/mol. The zero-order chi connectivity index (χ0) is 19.4. The monoisotopic (exact) mass is 368 g/mol. The van der Waals surface area contributed by atoms with Gasteiger partial charge in [-0.05, 0) is 24.3 Å². The van der Waals surface area contributed by atoms with Crippen molar-refractivity contribution in [3.8, 4) is 11.8 Å². The van der Waals surface area contributed by atoms with E-state index in [2.05, 4.69) is 10.3 Å². The van der Waals surface area contributed by atoms with Crippen molar-refractivity contribution in [2.24, 2.45) is 0 Å². The molecule has 2 aromatic carbocycles. The average Bonchev–Trinajstić information content (AvgIpc) is 3.05. The number of anilines is 1. The summed E-state index contributed by atoms with van der Waals surface area (Å²) in [4.78, 5) is 16.2. The van der Waals surface area contributed by atoms with Crippen LogP contribution in [0, 0.1) is 23.0 Å². The lowest BCUT2D eigenvalue weighted by molar-refractivity contribution is 0.102. The van der Waals surface area contributed by atoms with Crippen LogP contribution in [0.2, 0.25) is 0 Å². The van der Waals surface area contributed by atoms with Gasteiger partial charge in [0.2, 0.25) is 0 Å². The fraction of sp³-hybridized carbons (Fsp3) is 0.105. The molecule has 0 aliphatic rings. The molecule has 0 spiro atoms. The quantitative estimate of drug-likeness (QED) is 0.749. The number of methoxy groups -OCH3 is 1. The van der Waals surface area contributed by atoms with Gasteiger partial charge in [0.25, 0.3) is 5.91 Å². The summed E-state index contributed by atoms with van der Waals surface area (Å²) in [7, 11) is 1.54. The second-order valence-electron chi connectivity index (χ2n) is 5.57. The van der Waals surface area contributed by atoms with Gasteiger partial charge in [-0.15, -0.1) is 0 Å². The molecule has 0 aliphatic heterocycles. The number of para-hydroxylation sites is 1. The Kier molecular flexibility index (Phi) is 5.13. The van der Waals surface area contributed by atoms with Crippen molar-refractivity contribution in [1.29, 1.82) is 5.26 Å². The highest BCUT2D eigenvalue weighted by atomic mass is 19.1. The number of amides is 1. The van der Waals surface area contributed by atoms with Crippen LogP contribution in [0.25, 0.3) is 0 Å². The Morgan fingerprint density at radius 1 is 1.30 bits per heavy atom. The number of aromatic nitrogens is 2. The number of rotatable bonds is 5. The molecule has 0 bridgehead atoms. The lowest BCUT2D eigenvalue weighted by Crippen LogP contribution is -2.15. The molecule has 0 aliphatic carbocycles. The van der Waals surface area contributed by atoms with Crippen LogP contribution in [0.3, 0.4) is 0 Å². The van der Waals surface area contributed by atoms with Crippen LogP contribution in [0.5, 0.6) is 5.75 Å². The second-order valence-corrected chi connectivity index (χ2v) is 5.57. The van der Waals surface area contributed by atoms with Crippen LogP contribution in [0.1, 0.15) is 21.6 Å². The number of nitrogens with zero attached hydrogens (tertiary/aromatic N) is 3. The van der Waals surface area contributed by atoms with Gasteiger partial charge in [-0.1, -0.05) is 18.2 Å². The average molecular weight is 368 g/mol. The van der Waals surface area contributed by atoms with E-state index in [0.717, 1.165) is 23.8 Å². The highest BCUT2D eigenvalue weighted by Gasteiger charge is 2.18. The van der Waals surface area contributed by atoms with Crippen molar-refractivity contribution in [2.75, 3.05) is 12.4 Å².